The Kier molecular flexibility index (Phi) is 1.98. The fourth-order valence-corrected chi connectivity index (χ4v) is 1.07. The highest BCUT2D eigenvalue weighted by molar-refractivity contribution is 6.28. The summed E-state index contributed by atoms with van der Waals surface area (Å²) in [7, 11) is 0. The zero-order valence-corrected chi connectivity index (χ0v) is 7.12. The van der Waals surface area contributed by atoms with Gasteiger partial charge in [0.15, 0.2) is 11.6 Å². The lowest BCUT2D eigenvalue weighted by Gasteiger charge is -1.97. The summed E-state index contributed by atoms with van der Waals surface area (Å²) in [6.45, 7) is 0. The van der Waals surface area contributed by atoms with Crippen LogP contribution in [-0.2, 0) is 0 Å². The first kappa shape index (κ1) is 8.19. The maximum absolute atomic E-state index is 13.1. The SMILES string of the molecule is Fc1cnc(Cl)nc1-c1ccco1. The fraction of sp³-hybridized carbons (Fsp3) is 0. The van der Waals surface area contributed by atoms with Gasteiger partial charge < -0.3 is 4.42 Å². The van der Waals surface area contributed by atoms with Crippen molar-refractivity contribution in [1.82, 2.24) is 9.97 Å². The molecule has 0 aromatic carbocycles. The minimum Gasteiger partial charge on any atom is -0.463 e. The first-order valence-corrected chi connectivity index (χ1v) is 3.87. The van der Waals surface area contributed by atoms with Gasteiger partial charge in [-0.15, -0.1) is 0 Å². The van der Waals surface area contributed by atoms with Crippen molar-refractivity contribution in [3.05, 3.63) is 35.7 Å². The first-order chi connectivity index (χ1) is 6.27. The number of hydrogen-bond acceptors (Lipinski definition) is 3. The second-order valence-corrected chi connectivity index (χ2v) is 2.65. The summed E-state index contributed by atoms with van der Waals surface area (Å²) in [5.74, 6) is -0.221. The van der Waals surface area contributed by atoms with Crippen molar-refractivity contribution in [3.8, 4) is 11.5 Å². The molecule has 2 rings (SSSR count). The summed E-state index contributed by atoms with van der Waals surface area (Å²) in [6, 6.07) is 3.24. The summed E-state index contributed by atoms with van der Waals surface area (Å²) >= 11 is 5.50. The van der Waals surface area contributed by atoms with Crippen molar-refractivity contribution < 1.29 is 8.81 Å². The van der Waals surface area contributed by atoms with Gasteiger partial charge in [0.05, 0.1) is 12.5 Å². The molecule has 0 unspecified atom stereocenters. The highest BCUT2D eigenvalue weighted by atomic mass is 35.5. The van der Waals surface area contributed by atoms with Crippen LogP contribution in [0, 0.1) is 5.82 Å². The van der Waals surface area contributed by atoms with Gasteiger partial charge in [0.2, 0.25) is 5.28 Å². The molecule has 2 aromatic heterocycles. The largest absolute Gasteiger partial charge is 0.463 e. The third kappa shape index (κ3) is 1.53. The molecule has 0 bridgehead atoms. The maximum Gasteiger partial charge on any atom is 0.223 e. The fourth-order valence-electron chi connectivity index (χ4n) is 0.932. The van der Waals surface area contributed by atoms with Crippen molar-refractivity contribution in [2.24, 2.45) is 0 Å². The van der Waals surface area contributed by atoms with Crippen LogP contribution in [0.25, 0.3) is 11.5 Å². The van der Waals surface area contributed by atoms with Crippen molar-refractivity contribution in [3.63, 3.8) is 0 Å². The summed E-state index contributed by atoms with van der Waals surface area (Å²) in [4.78, 5) is 7.19. The van der Waals surface area contributed by atoms with Crippen molar-refractivity contribution >= 4 is 11.6 Å². The van der Waals surface area contributed by atoms with Crippen molar-refractivity contribution in [2.45, 2.75) is 0 Å². The van der Waals surface area contributed by atoms with E-state index < -0.39 is 5.82 Å². The quantitative estimate of drug-likeness (QED) is 0.661. The molecule has 0 aliphatic carbocycles. The predicted molar refractivity (Wildman–Crippen MR) is 44.7 cm³/mol. The Balaban J connectivity index is 2.57. The van der Waals surface area contributed by atoms with Crippen molar-refractivity contribution in [1.29, 1.82) is 0 Å². The Morgan fingerprint density at radius 1 is 1.46 bits per heavy atom. The molecule has 0 atom stereocenters. The predicted octanol–water partition coefficient (Wildman–Crippen LogP) is 2.53. The van der Waals surface area contributed by atoms with E-state index in [9.17, 15) is 4.39 Å². The lowest BCUT2D eigenvalue weighted by Crippen LogP contribution is -1.90. The van der Waals surface area contributed by atoms with E-state index in [1.54, 1.807) is 12.1 Å². The molecule has 13 heavy (non-hydrogen) atoms. The summed E-state index contributed by atoms with van der Waals surface area (Å²) in [5, 5.41) is -0.00667. The molecule has 0 amide bonds. The Labute approximate surface area is 78.2 Å². The summed E-state index contributed by atoms with van der Waals surface area (Å²) in [6.07, 6.45) is 2.44. The molecule has 0 saturated carbocycles. The van der Waals surface area contributed by atoms with Gasteiger partial charge in [0.1, 0.15) is 5.69 Å². The van der Waals surface area contributed by atoms with Gasteiger partial charge in [0, 0.05) is 0 Å². The summed E-state index contributed by atoms with van der Waals surface area (Å²) in [5.41, 5.74) is 0.0741. The highest BCUT2D eigenvalue weighted by Crippen LogP contribution is 2.21. The van der Waals surface area contributed by atoms with E-state index in [0.29, 0.717) is 5.76 Å². The molecular weight excluding hydrogens is 195 g/mol. The first-order valence-electron chi connectivity index (χ1n) is 3.49. The molecule has 5 heteroatoms. The molecule has 2 aromatic rings. The van der Waals surface area contributed by atoms with Gasteiger partial charge in [-0.1, -0.05) is 0 Å². The molecule has 66 valence electrons. The van der Waals surface area contributed by atoms with Crippen LogP contribution >= 0.6 is 11.6 Å². The van der Waals surface area contributed by atoms with Crippen LogP contribution in [0.15, 0.2) is 29.0 Å². The van der Waals surface area contributed by atoms with Crippen LogP contribution in [0.4, 0.5) is 4.39 Å². The van der Waals surface area contributed by atoms with E-state index in [-0.39, 0.29) is 11.0 Å². The zero-order chi connectivity index (χ0) is 9.26. The van der Waals surface area contributed by atoms with Crippen molar-refractivity contribution in [2.75, 3.05) is 0 Å². The monoisotopic (exact) mass is 198 g/mol. The molecule has 3 nitrogen and oxygen atoms in total. The second kappa shape index (κ2) is 3.14. The topological polar surface area (TPSA) is 38.9 Å². The van der Waals surface area contributed by atoms with Crippen LogP contribution in [0.2, 0.25) is 5.28 Å². The smallest absolute Gasteiger partial charge is 0.223 e. The van der Waals surface area contributed by atoms with E-state index in [0.717, 1.165) is 6.20 Å². The average molecular weight is 199 g/mol. The van der Waals surface area contributed by atoms with Crippen LogP contribution in [0.5, 0.6) is 0 Å². The Bertz CT molecular complexity index is 416. The third-order valence-corrected chi connectivity index (χ3v) is 1.65. The standard InChI is InChI=1S/C8H4ClFN2O/c9-8-11-4-5(10)7(12-8)6-2-1-3-13-6/h1-4H. The van der Waals surface area contributed by atoms with E-state index >= 15 is 0 Å². The summed E-state index contributed by atoms with van der Waals surface area (Å²) < 4.78 is 18.1. The number of aromatic nitrogens is 2. The van der Waals surface area contributed by atoms with Gasteiger partial charge >= 0.3 is 0 Å². The van der Waals surface area contributed by atoms with Crippen LogP contribution in [0.3, 0.4) is 0 Å². The number of hydrogen-bond donors (Lipinski definition) is 0. The lowest BCUT2D eigenvalue weighted by molar-refractivity contribution is 0.562. The van der Waals surface area contributed by atoms with E-state index in [1.165, 1.54) is 6.26 Å². The number of furan rings is 1. The number of halogens is 2. The maximum atomic E-state index is 13.1. The molecular formula is C8H4ClFN2O. The zero-order valence-electron chi connectivity index (χ0n) is 6.37. The lowest BCUT2D eigenvalue weighted by atomic mass is 10.3. The minimum atomic E-state index is -0.556. The van der Waals surface area contributed by atoms with Crippen LogP contribution < -0.4 is 0 Å². The normalized spacial score (nSPS) is 10.3. The van der Waals surface area contributed by atoms with Gasteiger partial charge in [0.25, 0.3) is 0 Å². The Morgan fingerprint density at radius 2 is 2.31 bits per heavy atom. The van der Waals surface area contributed by atoms with E-state index in [1.807, 2.05) is 0 Å². The third-order valence-electron chi connectivity index (χ3n) is 1.47. The molecule has 0 spiro atoms. The van der Waals surface area contributed by atoms with E-state index in [2.05, 4.69) is 9.97 Å². The molecule has 0 N–H and O–H groups in total. The van der Waals surface area contributed by atoms with Gasteiger partial charge in [-0.25, -0.2) is 14.4 Å². The number of rotatable bonds is 1. The minimum absolute atomic E-state index is 0.00667. The van der Waals surface area contributed by atoms with E-state index in [4.69, 9.17) is 16.0 Å². The second-order valence-electron chi connectivity index (χ2n) is 2.31. The van der Waals surface area contributed by atoms with Crippen LogP contribution in [-0.4, -0.2) is 9.97 Å². The highest BCUT2D eigenvalue weighted by Gasteiger charge is 2.10. The molecule has 0 aliphatic rings. The van der Waals surface area contributed by atoms with Gasteiger partial charge in [-0.2, -0.15) is 0 Å². The molecule has 0 saturated heterocycles. The number of nitrogens with zero attached hydrogens (tertiary/aromatic N) is 2. The van der Waals surface area contributed by atoms with Gasteiger partial charge in [-0.05, 0) is 23.7 Å². The molecule has 0 fully saturated rings. The Hall–Kier alpha value is -1.42. The molecule has 0 aliphatic heterocycles. The van der Waals surface area contributed by atoms with Gasteiger partial charge in [-0.3, -0.25) is 0 Å². The molecule has 0 radical (unpaired) electrons. The van der Waals surface area contributed by atoms with Crippen LogP contribution in [0.1, 0.15) is 0 Å². The molecule has 2 heterocycles. The average Bonchev–Trinajstić information content (AvgIpc) is 2.61. The Morgan fingerprint density at radius 3 is 3.00 bits per heavy atom.